The summed E-state index contributed by atoms with van der Waals surface area (Å²) >= 11 is 0. The van der Waals surface area contributed by atoms with E-state index in [0.29, 0.717) is 41.5 Å². The SMILES string of the molecule is CCOCCOC(=O)C1C(C)=NC2=C(C(=O)C[C@H](c3ccc(OC)c(OC)c3)C2)[C@@H]1c1ccccc1F. The largest absolute Gasteiger partial charge is 0.493 e. The van der Waals surface area contributed by atoms with Crippen molar-refractivity contribution in [2.24, 2.45) is 10.9 Å². The van der Waals surface area contributed by atoms with Crippen molar-refractivity contribution in [1.29, 1.82) is 0 Å². The van der Waals surface area contributed by atoms with Crippen molar-refractivity contribution in [3.05, 3.63) is 70.7 Å². The number of nitrogens with zero attached hydrogens (tertiary/aromatic N) is 1. The molecule has 4 rings (SSSR count). The number of Topliss-reactive ketones (excluding diaryl/α,β-unsaturated/α-hetero) is 1. The van der Waals surface area contributed by atoms with Crippen molar-refractivity contribution < 1.29 is 32.9 Å². The van der Waals surface area contributed by atoms with E-state index in [2.05, 4.69) is 0 Å². The Labute approximate surface area is 216 Å². The van der Waals surface area contributed by atoms with Crippen molar-refractivity contribution >= 4 is 17.5 Å². The van der Waals surface area contributed by atoms with Crippen LogP contribution in [0, 0.1) is 11.7 Å². The van der Waals surface area contributed by atoms with Crippen LogP contribution in [-0.2, 0) is 19.1 Å². The van der Waals surface area contributed by atoms with Crippen molar-refractivity contribution in [2.75, 3.05) is 34.0 Å². The smallest absolute Gasteiger partial charge is 0.315 e. The maximum absolute atomic E-state index is 15.1. The van der Waals surface area contributed by atoms with E-state index in [1.807, 2.05) is 25.1 Å². The number of methoxy groups -OCH3 is 2. The normalized spacial score (nSPS) is 21.3. The number of allylic oxidation sites excluding steroid dienone is 2. The van der Waals surface area contributed by atoms with Crippen LogP contribution in [0.25, 0.3) is 0 Å². The zero-order valence-corrected chi connectivity index (χ0v) is 21.6. The van der Waals surface area contributed by atoms with E-state index >= 15 is 4.39 Å². The first kappa shape index (κ1) is 26.5. The number of hydrogen-bond donors (Lipinski definition) is 0. The van der Waals surface area contributed by atoms with Crippen molar-refractivity contribution in [2.45, 2.75) is 38.5 Å². The van der Waals surface area contributed by atoms with E-state index in [1.165, 1.54) is 6.07 Å². The van der Waals surface area contributed by atoms with Crippen molar-refractivity contribution in [3.63, 3.8) is 0 Å². The van der Waals surface area contributed by atoms with E-state index < -0.39 is 23.6 Å². The van der Waals surface area contributed by atoms with E-state index in [0.717, 1.165) is 5.56 Å². The molecule has 1 heterocycles. The summed E-state index contributed by atoms with van der Waals surface area (Å²) in [6, 6.07) is 11.9. The highest BCUT2D eigenvalue weighted by Crippen LogP contribution is 2.48. The molecular formula is C29H32FNO6. The Kier molecular flexibility index (Phi) is 8.38. The maximum atomic E-state index is 15.1. The van der Waals surface area contributed by atoms with E-state index in [4.69, 9.17) is 23.9 Å². The summed E-state index contributed by atoms with van der Waals surface area (Å²) in [6.07, 6.45) is 0.685. The molecule has 0 saturated carbocycles. The summed E-state index contributed by atoms with van der Waals surface area (Å²) in [7, 11) is 3.13. The third-order valence-electron chi connectivity index (χ3n) is 6.94. The summed E-state index contributed by atoms with van der Waals surface area (Å²) < 4.78 is 36.6. The number of halogens is 1. The van der Waals surface area contributed by atoms with Crippen LogP contribution in [0.15, 0.2) is 58.7 Å². The number of carbonyl (C=O) groups excluding carboxylic acids is 2. The Morgan fingerprint density at radius 1 is 1.05 bits per heavy atom. The van der Waals surface area contributed by atoms with Gasteiger partial charge in [0.25, 0.3) is 0 Å². The minimum absolute atomic E-state index is 0.0711. The van der Waals surface area contributed by atoms with Gasteiger partial charge in [-0.3, -0.25) is 14.6 Å². The maximum Gasteiger partial charge on any atom is 0.315 e. The third-order valence-corrected chi connectivity index (χ3v) is 6.94. The molecule has 0 fully saturated rings. The molecular weight excluding hydrogens is 477 g/mol. The van der Waals surface area contributed by atoms with Crippen LogP contribution >= 0.6 is 0 Å². The van der Waals surface area contributed by atoms with Gasteiger partial charge in [-0.1, -0.05) is 24.3 Å². The molecule has 3 atom stereocenters. The highest BCUT2D eigenvalue weighted by atomic mass is 19.1. The fraction of sp³-hybridized carbons (Fsp3) is 0.414. The average molecular weight is 510 g/mol. The molecule has 0 N–H and O–H groups in total. The first-order valence-electron chi connectivity index (χ1n) is 12.4. The molecule has 0 saturated heterocycles. The zero-order chi connectivity index (χ0) is 26.5. The lowest BCUT2D eigenvalue weighted by Gasteiger charge is -2.36. The van der Waals surface area contributed by atoms with Crippen LogP contribution in [-0.4, -0.2) is 51.5 Å². The third kappa shape index (κ3) is 5.44. The summed E-state index contributed by atoms with van der Waals surface area (Å²) in [5.74, 6) is -1.85. The fourth-order valence-corrected chi connectivity index (χ4v) is 5.21. The van der Waals surface area contributed by atoms with Crippen LogP contribution in [0.4, 0.5) is 4.39 Å². The average Bonchev–Trinajstić information content (AvgIpc) is 2.90. The first-order chi connectivity index (χ1) is 17.9. The number of benzene rings is 2. The molecule has 1 aliphatic heterocycles. The van der Waals surface area contributed by atoms with Crippen molar-refractivity contribution in [1.82, 2.24) is 0 Å². The molecule has 2 aliphatic rings. The van der Waals surface area contributed by atoms with Crippen LogP contribution in [0.5, 0.6) is 11.5 Å². The molecule has 8 heteroatoms. The molecule has 0 radical (unpaired) electrons. The molecule has 2 aromatic carbocycles. The Balaban J connectivity index is 1.72. The Morgan fingerprint density at radius 3 is 2.51 bits per heavy atom. The molecule has 1 aliphatic carbocycles. The Hall–Kier alpha value is -3.52. The quantitative estimate of drug-likeness (QED) is 0.350. The number of carbonyl (C=O) groups is 2. The zero-order valence-electron chi connectivity index (χ0n) is 21.6. The van der Waals surface area contributed by atoms with Gasteiger partial charge in [-0.2, -0.15) is 0 Å². The minimum atomic E-state index is -0.904. The highest BCUT2D eigenvalue weighted by Gasteiger charge is 2.45. The summed E-state index contributed by atoms with van der Waals surface area (Å²) in [5, 5.41) is 0. The lowest BCUT2D eigenvalue weighted by Crippen LogP contribution is -2.38. The summed E-state index contributed by atoms with van der Waals surface area (Å²) in [5.41, 5.74) is 2.67. The monoisotopic (exact) mass is 509 g/mol. The number of ether oxygens (including phenoxy) is 4. The van der Waals surface area contributed by atoms with E-state index in [9.17, 15) is 9.59 Å². The Bertz CT molecular complexity index is 1240. The number of hydrogen-bond acceptors (Lipinski definition) is 7. The van der Waals surface area contributed by atoms with Crippen LogP contribution in [0.1, 0.15) is 49.7 Å². The van der Waals surface area contributed by atoms with Crippen LogP contribution < -0.4 is 9.47 Å². The van der Waals surface area contributed by atoms with E-state index in [-0.39, 0.29) is 36.9 Å². The van der Waals surface area contributed by atoms with Gasteiger partial charge >= 0.3 is 5.97 Å². The van der Waals surface area contributed by atoms with Gasteiger partial charge in [0.2, 0.25) is 0 Å². The molecule has 37 heavy (non-hydrogen) atoms. The number of aliphatic imine (C=N–C) groups is 1. The van der Waals surface area contributed by atoms with Gasteiger partial charge in [0.05, 0.1) is 20.8 Å². The fourth-order valence-electron chi connectivity index (χ4n) is 5.21. The summed E-state index contributed by atoms with van der Waals surface area (Å²) in [6.45, 7) is 4.42. The van der Waals surface area contributed by atoms with Crippen LogP contribution in [0.3, 0.4) is 0 Å². The highest BCUT2D eigenvalue weighted by molar-refractivity contribution is 6.09. The second-order valence-electron chi connectivity index (χ2n) is 9.10. The van der Waals surface area contributed by atoms with Gasteiger partial charge in [-0.05, 0) is 55.5 Å². The topological polar surface area (TPSA) is 83.4 Å². The van der Waals surface area contributed by atoms with E-state index in [1.54, 1.807) is 39.3 Å². The van der Waals surface area contributed by atoms with Gasteiger partial charge < -0.3 is 18.9 Å². The first-order valence-corrected chi connectivity index (χ1v) is 12.4. The lowest BCUT2D eigenvalue weighted by molar-refractivity contribution is -0.148. The summed E-state index contributed by atoms with van der Waals surface area (Å²) in [4.78, 5) is 31.6. The number of esters is 1. The van der Waals surface area contributed by atoms with Crippen molar-refractivity contribution in [3.8, 4) is 11.5 Å². The standard InChI is InChI=1S/C29H32FNO6/c1-5-36-12-13-37-29(33)26-17(2)31-22-14-19(18-10-11-24(34-3)25(16-18)35-4)15-23(32)28(22)27(26)20-8-6-7-9-21(20)30/h6-11,16,19,26-27H,5,12-15H2,1-4H3/t19-,26?,27-/m1/s1. The molecule has 0 spiro atoms. The number of ketones is 1. The number of rotatable bonds is 9. The van der Waals surface area contributed by atoms with Gasteiger partial charge in [-0.25, -0.2) is 4.39 Å². The molecule has 0 bridgehead atoms. The second-order valence-corrected chi connectivity index (χ2v) is 9.10. The molecule has 2 aromatic rings. The predicted molar refractivity (Wildman–Crippen MR) is 137 cm³/mol. The van der Waals surface area contributed by atoms with Gasteiger partial charge in [0.15, 0.2) is 17.3 Å². The molecule has 0 aromatic heterocycles. The molecule has 7 nitrogen and oxygen atoms in total. The Morgan fingerprint density at radius 2 is 1.81 bits per heavy atom. The molecule has 196 valence electrons. The van der Waals surface area contributed by atoms with Gasteiger partial charge in [0, 0.05) is 35.9 Å². The van der Waals surface area contributed by atoms with Gasteiger partial charge in [0.1, 0.15) is 18.3 Å². The molecule has 1 unspecified atom stereocenters. The second kappa shape index (κ2) is 11.7. The minimum Gasteiger partial charge on any atom is -0.493 e. The van der Waals surface area contributed by atoms with Gasteiger partial charge in [-0.15, -0.1) is 0 Å². The van der Waals surface area contributed by atoms with Crippen LogP contribution in [0.2, 0.25) is 0 Å². The predicted octanol–water partition coefficient (Wildman–Crippen LogP) is 5.00. The lowest BCUT2D eigenvalue weighted by atomic mass is 9.69. The molecule has 0 amide bonds.